The summed E-state index contributed by atoms with van der Waals surface area (Å²) in [5.74, 6) is 0.297. The summed E-state index contributed by atoms with van der Waals surface area (Å²) in [5, 5.41) is 20.2. The second-order valence-electron chi connectivity index (χ2n) is 5.76. The van der Waals surface area contributed by atoms with Crippen molar-refractivity contribution in [3.05, 3.63) is 64.7 Å². The van der Waals surface area contributed by atoms with Crippen LogP contribution in [0.15, 0.2) is 42.5 Å². The Hall–Kier alpha value is -1.84. The minimum Gasteiger partial charge on any atom is -0.508 e. The van der Waals surface area contributed by atoms with E-state index in [1.807, 2.05) is 56.1 Å². The van der Waals surface area contributed by atoms with Gasteiger partial charge >= 0.3 is 0 Å². The van der Waals surface area contributed by atoms with E-state index >= 15 is 0 Å². The zero-order chi connectivity index (χ0) is 15.4. The Bertz CT molecular complexity index is 590. The molecule has 2 N–H and O–H groups in total. The number of hydrogen-bond donors (Lipinski definition) is 2. The predicted molar refractivity (Wildman–Crippen MR) is 85.3 cm³/mol. The highest BCUT2D eigenvalue weighted by atomic mass is 16.3. The summed E-state index contributed by atoms with van der Waals surface area (Å²) in [4.78, 5) is 2.01. The number of aliphatic hydroxyl groups excluding tert-OH is 1. The van der Waals surface area contributed by atoms with Gasteiger partial charge in [0.1, 0.15) is 5.75 Å². The molecule has 0 aliphatic heterocycles. The molecule has 2 aromatic rings. The average molecular weight is 285 g/mol. The van der Waals surface area contributed by atoms with E-state index < -0.39 is 6.10 Å². The molecule has 2 rings (SSSR count). The van der Waals surface area contributed by atoms with Crippen molar-refractivity contribution in [3.8, 4) is 5.75 Å². The highest BCUT2D eigenvalue weighted by molar-refractivity contribution is 5.32. The van der Waals surface area contributed by atoms with Gasteiger partial charge in [-0.15, -0.1) is 0 Å². The second kappa shape index (κ2) is 6.74. The fraction of sp³-hybridized carbons (Fsp3) is 0.333. The van der Waals surface area contributed by atoms with Gasteiger partial charge in [0, 0.05) is 18.7 Å². The number of para-hydroxylation sites is 1. The molecule has 0 saturated carbocycles. The van der Waals surface area contributed by atoms with Crippen molar-refractivity contribution in [1.82, 2.24) is 4.90 Å². The van der Waals surface area contributed by atoms with Crippen LogP contribution in [-0.4, -0.2) is 28.7 Å². The first-order chi connectivity index (χ1) is 9.95. The van der Waals surface area contributed by atoms with E-state index in [1.54, 1.807) is 6.07 Å². The summed E-state index contributed by atoms with van der Waals surface area (Å²) >= 11 is 0. The lowest BCUT2D eigenvalue weighted by Gasteiger charge is -2.21. The van der Waals surface area contributed by atoms with E-state index in [0.29, 0.717) is 18.8 Å². The largest absolute Gasteiger partial charge is 0.508 e. The molecule has 2 aromatic carbocycles. The third-order valence-electron chi connectivity index (χ3n) is 3.55. The van der Waals surface area contributed by atoms with Crippen molar-refractivity contribution < 1.29 is 10.2 Å². The van der Waals surface area contributed by atoms with Crippen LogP contribution in [0.4, 0.5) is 0 Å². The number of phenolic OH excluding ortho intramolecular Hbond substituents is 1. The summed E-state index contributed by atoms with van der Waals surface area (Å²) in [7, 11) is 1.94. The van der Waals surface area contributed by atoms with Crippen LogP contribution in [-0.2, 0) is 6.54 Å². The fourth-order valence-corrected chi connectivity index (χ4v) is 2.60. The lowest BCUT2D eigenvalue weighted by atomic mass is 10.0. The number of rotatable bonds is 5. The van der Waals surface area contributed by atoms with E-state index in [9.17, 15) is 10.2 Å². The molecule has 3 nitrogen and oxygen atoms in total. The number of nitrogens with zero attached hydrogens (tertiary/aromatic N) is 1. The van der Waals surface area contributed by atoms with Gasteiger partial charge in [0.2, 0.25) is 0 Å². The Labute approximate surface area is 126 Å². The second-order valence-corrected chi connectivity index (χ2v) is 5.76. The highest BCUT2D eigenvalue weighted by Crippen LogP contribution is 2.21. The molecular formula is C18H23NO2. The van der Waals surface area contributed by atoms with Crippen LogP contribution in [0.25, 0.3) is 0 Å². The monoisotopic (exact) mass is 285 g/mol. The number of hydrogen-bond acceptors (Lipinski definition) is 3. The van der Waals surface area contributed by atoms with Gasteiger partial charge < -0.3 is 10.2 Å². The third kappa shape index (κ3) is 4.31. The first kappa shape index (κ1) is 15.5. The lowest BCUT2D eigenvalue weighted by Crippen LogP contribution is -2.24. The molecule has 1 atom stereocenters. The predicted octanol–water partition coefficient (Wildman–Crippen LogP) is 3.17. The number of aliphatic hydroxyl groups is 1. The zero-order valence-corrected chi connectivity index (χ0v) is 12.9. The van der Waals surface area contributed by atoms with Gasteiger partial charge in [0.25, 0.3) is 0 Å². The molecule has 0 saturated heterocycles. The Morgan fingerprint density at radius 2 is 1.67 bits per heavy atom. The summed E-state index contributed by atoms with van der Waals surface area (Å²) in [5.41, 5.74) is 4.13. The van der Waals surface area contributed by atoms with Gasteiger partial charge in [0.15, 0.2) is 0 Å². The molecule has 0 aliphatic rings. The number of benzene rings is 2. The number of phenols is 1. The number of likely N-dealkylation sites (N-methyl/N-ethyl adjacent to an activating group) is 1. The maximum absolute atomic E-state index is 10.4. The molecule has 0 bridgehead atoms. The summed E-state index contributed by atoms with van der Waals surface area (Å²) in [6.45, 7) is 5.20. The van der Waals surface area contributed by atoms with Crippen molar-refractivity contribution in [2.24, 2.45) is 0 Å². The molecule has 0 radical (unpaired) electrons. The molecule has 0 amide bonds. The molecule has 0 aliphatic carbocycles. The van der Waals surface area contributed by atoms with E-state index in [-0.39, 0.29) is 0 Å². The minimum absolute atomic E-state index is 0.297. The van der Waals surface area contributed by atoms with Crippen LogP contribution in [0.3, 0.4) is 0 Å². The molecular weight excluding hydrogens is 262 g/mol. The van der Waals surface area contributed by atoms with Crippen molar-refractivity contribution in [3.63, 3.8) is 0 Å². The van der Waals surface area contributed by atoms with Crippen LogP contribution in [0, 0.1) is 13.8 Å². The maximum atomic E-state index is 10.4. The van der Waals surface area contributed by atoms with E-state index in [2.05, 4.69) is 6.07 Å². The maximum Gasteiger partial charge on any atom is 0.120 e. The topological polar surface area (TPSA) is 43.7 Å². The highest BCUT2D eigenvalue weighted by Gasteiger charge is 2.13. The fourth-order valence-electron chi connectivity index (χ4n) is 2.60. The third-order valence-corrected chi connectivity index (χ3v) is 3.55. The van der Waals surface area contributed by atoms with Gasteiger partial charge in [0.05, 0.1) is 6.10 Å². The van der Waals surface area contributed by atoms with Crippen LogP contribution < -0.4 is 0 Å². The molecule has 3 heteroatoms. The van der Waals surface area contributed by atoms with Crippen molar-refractivity contribution in [1.29, 1.82) is 0 Å². The van der Waals surface area contributed by atoms with Gasteiger partial charge in [-0.3, -0.25) is 4.90 Å². The summed E-state index contributed by atoms with van der Waals surface area (Å²) in [6, 6.07) is 13.4. The first-order valence-electron chi connectivity index (χ1n) is 7.17. The normalized spacial score (nSPS) is 12.6. The SMILES string of the molecule is Cc1cc(C)cc(C(O)CN(C)Cc2ccccc2O)c1. The van der Waals surface area contributed by atoms with Gasteiger partial charge in [-0.25, -0.2) is 0 Å². The molecule has 0 heterocycles. The standard InChI is InChI=1S/C18H23NO2/c1-13-8-14(2)10-16(9-13)18(21)12-19(3)11-15-6-4-5-7-17(15)20/h4-10,18,20-21H,11-12H2,1-3H3. The van der Waals surface area contributed by atoms with Crippen molar-refractivity contribution in [2.75, 3.05) is 13.6 Å². The minimum atomic E-state index is -0.528. The zero-order valence-electron chi connectivity index (χ0n) is 12.9. The summed E-state index contributed by atoms with van der Waals surface area (Å²) < 4.78 is 0. The molecule has 1 unspecified atom stereocenters. The van der Waals surface area contributed by atoms with Crippen molar-refractivity contribution in [2.45, 2.75) is 26.5 Å². The van der Waals surface area contributed by atoms with E-state index in [4.69, 9.17) is 0 Å². The first-order valence-corrected chi connectivity index (χ1v) is 7.17. The summed E-state index contributed by atoms with van der Waals surface area (Å²) in [6.07, 6.45) is -0.528. The quantitative estimate of drug-likeness (QED) is 0.887. The molecule has 0 spiro atoms. The Morgan fingerprint density at radius 3 is 2.29 bits per heavy atom. The van der Waals surface area contributed by atoms with Gasteiger partial charge in [-0.1, -0.05) is 47.5 Å². The Kier molecular flexibility index (Phi) is 4.99. The molecule has 0 aromatic heterocycles. The number of aromatic hydroxyl groups is 1. The van der Waals surface area contributed by atoms with E-state index in [0.717, 1.165) is 22.3 Å². The van der Waals surface area contributed by atoms with Gasteiger partial charge in [-0.2, -0.15) is 0 Å². The molecule has 112 valence electrons. The molecule has 21 heavy (non-hydrogen) atoms. The Balaban J connectivity index is 2.02. The van der Waals surface area contributed by atoms with Crippen molar-refractivity contribution >= 4 is 0 Å². The smallest absolute Gasteiger partial charge is 0.120 e. The van der Waals surface area contributed by atoms with Gasteiger partial charge in [-0.05, 0) is 32.5 Å². The van der Waals surface area contributed by atoms with Crippen LogP contribution in [0.2, 0.25) is 0 Å². The number of aryl methyl sites for hydroxylation is 2. The van der Waals surface area contributed by atoms with Crippen LogP contribution in [0.1, 0.15) is 28.4 Å². The Morgan fingerprint density at radius 1 is 1.05 bits per heavy atom. The molecule has 0 fully saturated rings. The lowest BCUT2D eigenvalue weighted by molar-refractivity contribution is 0.123. The van der Waals surface area contributed by atoms with E-state index in [1.165, 1.54) is 0 Å². The average Bonchev–Trinajstić information content (AvgIpc) is 2.40. The van der Waals surface area contributed by atoms with Crippen LogP contribution >= 0.6 is 0 Å². The van der Waals surface area contributed by atoms with Crippen LogP contribution in [0.5, 0.6) is 5.75 Å².